The molecule has 3 aliphatic rings. The van der Waals surface area contributed by atoms with E-state index < -0.39 is 11.7 Å². The van der Waals surface area contributed by atoms with E-state index in [1.165, 1.54) is 6.07 Å². The molecule has 1 aliphatic carbocycles. The van der Waals surface area contributed by atoms with E-state index in [2.05, 4.69) is 0 Å². The zero-order chi connectivity index (χ0) is 18.1. The summed E-state index contributed by atoms with van der Waals surface area (Å²) in [7, 11) is 0. The highest BCUT2D eigenvalue weighted by Crippen LogP contribution is 2.53. The van der Waals surface area contributed by atoms with E-state index in [0.29, 0.717) is 25.1 Å². The molecule has 0 saturated carbocycles. The molecule has 1 amide bonds. The SMILES string of the molecule is O=C1[C@H]2c3ccccc3-c3cc(C(F)(F)F)ccc3[C@H]2C[C@@H]2OCCN12. The molecule has 5 rings (SSSR count). The number of benzene rings is 2. The molecule has 2 aromatic rings. The van der Waals surface area contributed by atoms with E-state index in [1.54, 1.807) is 17.0 Å². The van der Waals surface area contributed by atoms with Gasteiger partial charge in [0.15, 0.2) is 0 Å². The van der Waals surface area contributed by atoms with Crippen molar-refractivity contribution in [2.45, 2.75) is 30.7 Å². The number of hydrogen-bond acceptors (Lipinski definition) is 2. The van der Waals surface area contributed by atoms with Crippen LogP contribution in [0, 0.1) is 0 Å². The van der Waals surface area contributed by atoms with Gasteiger partial charge >= 0.3 is 6.18 Å². The summed E-state index contributed by atoms with van der Waals surface area (Å²) in [5.74, 6) is -0.496. The van der Waals surface area contributed by atoms with E-state index in [9.17, 15) is 18.0 Å². The van der Waals surface area contributed by atoms with Crippen LogP contribution in [0.1, 0.15) is 34.9 Å². The van der Waals surface area contributed by atoms with Crippen LogP contribution in [0.15, 0.2) is 42.5 Å². The number of halogens is 3. The number of alkyl halides is 3. The van der Waals surface area contributed by atoms with Gasteiger partial charge in [-0.15, -0.1) is 0 Å². The van der Waals surface area contributed by atoms with Crippen molar-refractivity contribution in [3.05, 3.63) is 59.2 Å². The monoisotopic (exact) mass is 359 g/mol. The van der Waals surface area contributed by atoms with Gasteiger partial charge in [-0.3, -0.25) is 4.79 Å². The van der Waals surface area contributed by atoms with E-state index in [-0.39, 0.29) is 24.0 Å². The molecule has 3 atom stereocenters. The van der Waals surface area contributed by atoms with Gasteiger partial charge in [-0.05, 0) is 34.4 Å². The number of carbonyl (C=O) groups is 1. The van der Waals surface area contributed by atoms with E-state index in [4.69, 9.17) is 4.74 Å². The lowest BCUT2D eigenvalue weighted by molar-refractivity contribution is -0.144. The van der Waals surface area contributed by atoms with Gasteiger partial charge in [0.05, 0.1) is 18.1 Å². The molecule has 0 unspecified atom stereocenters. The van der Waals surface area contributed by atoms with Gasteiger partial charge in [-0.2, -0.15) is 13.2 Å². The Morgan fingerprint density at radius 1 is 1.04 bits per heavy atom. The molecule has 2 heterocycles. The number of fused-ring (bicyclic) bond motifs is 7. The maximum atomic E-state index is 13.2. The van der Waals surface area contributed by atoms with Gasteiger partial charge in [0.2, 0.25) is 5.91 Å². The second-order valence-corrected chi connectivity index (χ2v) is 7.06. The van der Waals surface area contributed by atoms with Gasteiger partial charge in [-0.1, -0.05) is 30.3 Å². The van der Waals surface area contributed by atoms with Crippen molar-refractivity contribution < 1.29 is 22.7 Å². The largest absolute Gasteiger partial charge is 0.416 e. The molecule has 6 heteroatoms. The van der Waals surface area contributed by atoms with Crippen LogP contribution < -0.4 is 0 Å². The second-order valence-electron chi connectivity index (χ2n) is 7.06. The Hall–Kier alpha value is -2.34. The Bertz CT molecular complexity index is 908. The van der Waals surface area contributed by atoms with Crippen molar-refractivity contribution >= 4 is 5.91 Å². The number of hydrogen-bond donors (Lipinski definition) is 0. The standard InChI is InChI=1S/C20H16F3NO2/c21-20(22,23)11-5-6-13-15(9-11)12-3-1-2-4-14(12)18-16(13)10-17-24(19(18)25)7-8-26-17/h1-6,9,16-18H,7-8,10H2/t16-,17+,18+/m1/s1. The van der Waals surface area contributed by atoms with Crippen LogP contribution in [-0.2, 0) is 15.7 Å². The average Bonchev–Trinajstić information content (AvgIpc) is 3.09. The summed E-state index contributed by atoms with van der Waals surface area (Å²) in [5, 5.41) is 0. The minimum absolute atomic E-state index is 0.0155. The van der Waals surface area contributed by atoms with Gasteiger partial charge in [0.1, 0.15) is 6.23 Å². The van der Waals surface area contributed by atoms with Gasteiger partial charge in [0, 0.05) is 18.9 Å². The molecule has 0 spiro atoms. The lowest BCUT2D eigenvalue weighted by Gasteiger charge is -2.43. The first-order valence-electron chi connectivity index (χ1n) is 8.67. The van der Waals surface area contributed by atoms with Gasteiger partial charge in [0.25, 0.3) is 0 Å². The Morgan fingerprint density at radius 3 is 2.65 bits per heavy atom. The third-order valence-corrected chi connectivity index (χ3v) is 5.76. The lowest BCUT2D eigenvalue weighted by Crippen LogP contribution is -2.48. The van der Waals surface area contributed by atoms with Crippen molar-refractivity contribution in [3.8, 4) is 11.1 Å². The average molecular weight is 359 g/mol. The number of piperidine rings is 1. The first-order chi connectivity index (χ1) is 12.4. The molecule has 0 bridgehead atoms. The fourth-order valence-corrected chi connectivity index (χ4v) is 4.63. The summed E-state index contributed by atoms with van der Waals surface area (Å²) < 4.78 is 45.4. The molecule has 2 aliphatic heterocycles. The Labute approximate surface area is 148 Å². The highest BCUT2D eigenvalue weighted by Gasteiger charge is 2.49. The molecule has 0 aromatic heterocycles. The highest BCUT2D eigenvalue weighted by molar-refractivity contribution is 5.92. The Kier molecular flexibility index (Phi) is 3.26. The topological polar surface area (TPSA) is 29.5 Å². The number of nitrogens with zero attached hydrogens (tertiary/aromatic N) is 1. The second kappa shape index (κ2) is 5.33. The number of carbonyl (C=O) groups excluding carboxylic acids is 1. The first kappa shape index (κ1) is 15.9. The van der Waals surface area contributed by atoms with Crippen molar-refractivity contribution in [2.75, 3.05) is 13.2 Å². The molecule has 0 N–H and O–H groups in total. The quantitative estimate of drug-likeness (QED) is 0.708. The fourth-order valence-electron chi connectivity index (χ4n) is 4.63. The molecular weight excluding hydrogens is 343 g/mol. The summed E-state index contributed by atoms with van der Waals surface area (Å²) in [6, 6.07) is 11.2. The molecule has 26 heavy (non-hydrogen) atoms. The van der Waals surface area contributed by atoms with E-state index >= 15 is 0 Å². The van der Waals surface area contributed by atoms with Gasteiger partial charge in [-0.25, -0.2) is 0 Å². The predicted molar refractivity (Wildman–Crippen MR) is 88.4 cm³/mol. The lowest BCUT2D eigenvalue weighted by atomic mass is 9.67. The minimum Gasteiger partial charge on any atom is -0.356 e. The van der Waals surface area contributed by atoms with Crippen molar-refractivity contribution in [2.24, 2.45) is 0 Å². The van der Waals surface area contributed by atoms with Crippen molar-refractivity contribution in [3.63, 3.8) is 0 Å². The van der Waals surface area contributed by atoms with Crippen molar-refractivity contribution in [1.29, 1.82) is 0 Å². The van der Waals surface area contributed by atoms with E-state index in [0.717, 1.165) is 22.8 Å². The van der Waals surface area contributed by atoms with Crippen LogP contribution in [0.4, 0.5) is 13.2 Å². The summed E-state index contributed by atoms with van der Waals surface area (Å²) in [4.78, 5) is 14.9. The maximum Gasteiger partial charge on any atom is 0.416 e. The Morgan fingerprint density at radius 2 is 1.85 bits per heavy atom. The summed E-state index contributed by atoms with van der Waals surface area (Å²) in [6.45, 7) is 1.09. The fraction of sp³-hybridized carbons (Fsp3) is 0.350. The Balaban J connectivity index is 1.72. The third kappa shape index (κ3) is 2.14. The molecule has 134 valence electrons. The minimum atomic E-state index is -4.39. The molecule has 2 aromatic carbocycles. The summed E-state index contributed by atoms with van der Waals surface area (Å²) in [6.07, 6.45) is -4.05. The number of rotatable bonds is 0. The summed E-state index contributed by atoms with van der Waals surface area (Å²) >= 11 is 0. The normalized spacial score (nSPS) is 26.8. The third-order valence-electron chi connectivity index (χ3n) is 5.76. The van der Waals surface area contributed by atoms with Crippen LogP contribution in [0.25, 0.3) is 11.1 Å². The summed E-state index contributed by atoms with van der Waals surface area (Å²) in [5.41, 5.74) is 2.27. The molecule has 2 saturated heterocycles. The van der Waals surface area contributed by atoms with Crippen LogP contribution in [0.3, 0.4) is 0 Å². The predicted octanol–water partition coefficient (Wildman–Crippen LogP) is 4.14. The maximum absolute atomic E-state index is 13.2. The highest BCUT2D eigenvalue weighted by atomic mass is 19.4. The van der Waals surface area contributed by atoms with E-state index in [1.807, 2.05) is 18.2 Å². The van der Waals surface area contributed by atoms with Gasteiger partial charge < -0.3 is 9.64 Å². The zero-order valence-electron chi connectivity index (χ0n) is 13.8. The van der Waals surface area contributed by atoms with Crippen LogP contribution in [0.5, 0.6) is 0 Å². The van der Waals surface area contributed by atoms with Crippen LogP contribution in [0.2, 0.25) is 0 Å². The zero-order valence-corrected chi connectivity index (χ0v) is 13.8. The van der Waals surface area contributed by atoms with Crippen LogP contribution >= 0.6 is 0 Å². The first-order valence-corrected chi connectivity index (χ1v) is 8.67. The number of ether oxygens (including phenoxy) is 1. The van der Waals surface area contributed by atoms with Crippen LogP contribution in [-0.4, -0.2) is 30.2 Å². The smallest absolute Gasteiger partial charge is 0.356 e. The molecule has 0 radical (unpaired) electrons. The molecule has 3 nitrogen and oxygen atoms in total. The molecule has 2 fully saturated rings. The van der Waals surface area contributed by atoms with Crippen molar-refractivity contribution in [1.82, 2.24) is 4.90 Å². The molecular formula is C20H16F3NO2. The number of amides is 1.